The van der Waals surface area contributed by atoms with Crippen LogP contribution < -0.4 is 5.63 Å². The van der Waals surface area contributed by atoms with Crippen LogP contribution in [0.1, 0.15) is 17.3 Å². The summed E-state index contributed by atoms with van der Waals surface area (Å²) in [4.78, 5) is 29.2. The molecular formula is C20H20N2O3. The van der Waals surface area contributed by atoms with Crippen molar-refractivity contribution in [2.75, 3.05) is 32.7 Å². The van der Waals surface area contributed by atoms with Crippen LogP contribution in [-0.2, 0) is 0 Å². The second-order valence-electron chi connectivity index (χ2n) is 6.37. The normalized spacial score (nSPS) is 15.8. The molecule has 1 aliphatic heterocycles. The zero-order valence-electron chi connectivity index (χ0n) is 14.2. The first-order valence-corrected chi connectivity index (χ1v) is 8.64. The quantitative estimate of drug-likeness (QED) is 0.533. The summed E-state index contributed by atoms with van der Waals surface area (Å²) in [6.07, 6.45) is 0. The second kappa shape index (κ2) is 6.33. The molecular weight excluding hydrogens is 316 g/mol. The number of hydrogen-bond acceptors (Lipinski definition) is 4. The molecule has 2 heterocycles. The highest BCUT2D eigenvalue weighted by Crippen LogP contribution is 2.25. The highest BCUT2D eigenvalue weighted by atomic mass is 16.4. The number of likely N-dealkylation sites (N-methyl/N-ethyl adjacent to an activating group) is 1. The summed E-state index contributed by atoms with van der Waals surface area (Å²) in [6.45, 7) is 6.04. The molecule has 1 fully saturated rings. The Morgan fingerprint density at radius 3 is 2.56 bits per heavy atom. The van der Waals surface area contributed by atoms with Gasteiger partial charge in [-0.1, -0.05) is 37.3 Å². The van der Waals surface area contributed by atoms with Crippen LogP contribution >= 0.6 is 0 Å². The maximum absolute atomic E-state index is 12.8. The Kier molecular flexibility index (Phi) is 4.01. The number of amides is 1. The van der Waals surface area contributed by atoms with E-state index in [1.165, 1.54) is 0 Å². The lowest BCUT2D eigenvalue weighted by molar-refractivity contribution is 0.0639. The summed E-state index contributed by atoms with van der Waals surface area (Å²) in [5.74, 6) is -0.237. The van der Waals surface area contributed by atoms with Crippen LogP contribution in [0.2, 0.25) is 0 Å². The molecule has 0 unspecified atom stereocenters. The third-order valence-corrected chi connectivity index (χ3v) is 4.98. The molecule has 1 aliphatic rings. The van der Waals surface area contributed by atoms with Crippen LogP contribution in [0.3, 0.4) is 0 Å². The van der Waals surface area contributed by atoms with E-state index in [2.05, 4.69) is 11.8 Å². The summed E-state index contributed by atoms with van der Waals surface area (Å²) in [6, 6.07) is 13.3. The maximum Gasteiger partial charge on any atom is 0.349 e. The SMILES string of the molecule is CCN1CCN(C(=O)c2cc3c(ccc4ccccc43)oc2=O)CC1. The molecule has 1 saturated heterocycles. The van der Waals surface area contributed by atoms with Gasteiger partial charge in [-0.2, -0.15) is 0 Å². The molecule has 1 aromatic heterocycles. The van der Waals surface area contributed by atoms with Gasteiger partial charge in [0.1, 0.15) is 11.1 Å². The molecule has 2 aromatic carbocycles. The molecule has 0 saturated carbocycles. The van der Waals surface area contributed by atoms with E-state index in [4.69, 9.17) is 4.42 Å². The molecule has 0 spiro atoms. The van der Waals surface area contributed by atoms with Gasteiger partial charge in [0, 0.05) is 31.6 Å². The Labute approximate surface area is 145 Å². The van der Waals surface area contributed by atoms with E-state index < -0.39 is 5.63 Å². The van der Waals surface area contributed by atoms with Gasteiger partial charge < -0.3 is 14.2 Å². The van der Waals surface area contributed by atoms with Gasteiger partial charge >= 0.3 is 5.63 Å². The smallest absolute Gasteiger partial charge is 0.349 e. The molecule has 0 atom stereocenters. The average Bonchev–Trinajstić information content (AvgIpc) is 2.67. The number of benzene rings is 2. The molecule has 128 valence electrons. The van der Waals surface area contributed by atoms with Crippen molar-refractivity contribution in [2.45, 2.75) is 6.92 Å². The second-order valence-corrected chi connectivity index (χ2v) is 6.37. The molecule has 0 radical (unpaired) electrons. The van der Waals surface area contributed by atoms with Gasteiger partial charge in [0.05, 0.1) is 0 Å². The van der Waals surface area contributed by atoms with Crippen LogP contribution in [0.25, 0.3) is 21.7 Å². The van der Waals surface area contributed by atoms with Crippen LogP contribution in [-0.4, -0.2) is 48.4 Å². The molecule has 5 heteroatoms. The number of piperazine rings is 1. The molecule has 0 N–H and O–H groups in total. The molecule has 0 bridgehead atoms. The van der Waals surface area contributed by atoms with Crippen molar-refractivity contribution < 1.29 is 9.21 Å². The third-order valence-electron chi connectivity index (χ3n) is 4.98. The lowest BCUT2D eigenvalue weighted by atomic mass is 10.0. The van der Waals surface area contributed by atoms with Crippen molar-refractivity contribution in [3.05, 3.63) is 58.4 Å². The first kappa shape index (κ1) is 15.8. The molecule has 0 aliphatic carbocycles. The van der Waals surface area contributed by atoms with Crippen molar-refractivity contribution in [3.8, 4) is 0 Å². The Morgan fingerprint density at radius 1 is 1.04 bits per heavy atom. The largest absolute Gasteiger partial charge is 0.422 e. The van der Waals surface area contributed by atoms with Crippen molar-refractivity contribution in [1.29, 1.82) is 0 Å². The Morgan fingerprint density at radius 2 is 1.80 bits per heavy atom. The predicted octanol–water partition coefficient (Wildman–Crippen LogP) is 2.72. The van der Waals surface area contributed by atoms with Gasteiger partial charge in [-0.25, -0.2) is 4.79 Å². The third kappa shape index (κ3) is 2.81. The fourth-order valence-corrected chi connectivity index (χ4v) is 3.46. The van der Waals surface area contributed by atoms with E-state index in [-0.39, 0.29) is 11.5 Å². The van der Waals surface area contributed by atoms with Gasteiger partial charge in [-0.3, -0.25) is 4.79 Å². The van der Waals surface area contributed by atoms with E-state index in [0.29, 0.717) is 18.7 Å². The topological polar surface area (TPSA) is 53.8 Å². The van der Waals surface area contributed by atoms with Gasteiger partial charge in [-0.05, 0) is 29.4 Å². The molecule has 25 heavy (non-hydrogen) atoms. The van der Waals surface area contributed by atoms with Crippen molar-refractivity contribution in [2.24, 2.45) is 0 Å². The van der Waals surface area contributed by atoms with Crippen molar-refractivity contribution >= 4 is 27.6 Å². The zero-order chi connectivity index (χ0) is 17.4. The van der Waals surface area contributed by atoms with E-state index in [1.54, 1.807) is 17.0 Å². The van der Waals surface area contributed by atoms with Gasteiger partial charge in [-0.15, -0.1) is 0 Å². The minimum atomic E-state index is -0.564. The van der Waals surface area contributed by atoms with Crippen LogP contribution in [0.5, 0.6) is 0 Å². The minimum absolute atomic E-state index is 0.119. The summed E-state index contributed by atoms with van der Waals surface area (Å²) in [5, 5.41) is 2.83. The van der Waals surface area contributed by atoms with Crippen LogP contribution in [0.4, 0.5) is 0 Å². The molecule has 4 rings (SSSR count). The number of hydrogen-bond donors (Lipinski definition) is 0. The lowest BCUT2D eigenvalue weighted by Gasteiger charge is -2.33. The summed E-state index contributed by atoms with van der Waals surface area (Å²) < 4.78 is 5.44. The van der Waals surface area contributed by atoms with E-state index in [0.717, 1.165) is 35.8 Å². The predicted molar refractivity (Wildman–Crippen MR) is 98.0 cm³/mol. The van der Waals surface area contributed by atoms with Crippen LogP contribution in [0, 0.1) is 0 Å². The number of fused-ring (bicyclic) bond motifs is 3. The van der Waals surface area contributed by atoms with Gasteiger partial charge in [0.25, 0.3) is 5.91 Å². The standard InChI is InChI=1S/C20H20N2O3/c1-2-21-9-11-22(12-10-21)19(23)17-13-16-15-6-4-3-5-14(15)7-8-18(16)25-20(17)24/h3-8,13H,2,9-12H2,1H3. The van der Waals surface area contributed by atoms with Crippen molar-refractivity contribution in [3.63, 3.8) is 0 Å². The van der Waals surface area contributed by atoms with E-state index >= 15 is 0 Å². The Bertz CT molecular complexity index is 1000. The average molecular weight is 336 g/mol. The number of carbonyl (C=O) groups is 1. The fourth-order valence-electron chi connectivity index (χ4n) is 3.46. The molecule has 1 amide bonds. The summed E-state index contributed by atoms with van der Waals surface area (Å²) in [7, 11) is 0. The fraction of sp³-hybridized carbons (Fsp3) is 0.300. The maximum atomic E-state index is 12.8. The zero-order valence-corrected chi connectivity index (χ0v) is 14.2. The number of carbonyl (C=O) groups excluding carboxylic acids is 1. The molecule has 3 aromatic rings. The lowest BCUT2D eigenvalue weighted by Crippen LogP contribution is -2.49. The number of nitrogens with zero attached hydrogens (tertiary/aromatic N) is 2. The number of rotatable bonds is 2. The van der Waals surface area contributed by atoms with Crippen molar-refractivity contribution in [1.82, 2.24) is 9.80 Å². The summed E-state index contributed by atoms with van der Waals surface area (Å²) in [5.41, 5.74) is 0.0653. The van der Waals surface area contributed by atoms with E-state index in [9.17, 15) is 9.59 Å². The van der Waals surface area contributed by atoms with Crippen LogP contribution in [0.15, 0.2) is 51.7 Å². The summed E-state index contributed by atoms with van der Waals surface area (Å²) >= 11 is 0. The Balaban J connectivity index is 1.76. The molecule has 5 nitrogen and oxygen atoms in total. The highest BCUT2D eigenvalue weighted by molar-refractivity contribution is 6.07. The first-order valence-electron chi connectivity index (χ1n) is 8.64. The minimum Gasteiger partial charge on any atom is -0.422 e. The highest BCUT2D eigenvalue weighted by Gasteiger charge is 2.24. The van der Waals surface area contributed by atoms with E-state index in [1.807, 2.05) is 30.3 Å². The Hall–Kier alpha value is -2.66. The van der Waals surface area contributed by atoms with Gasteiger partial charge in [0.15, 0.2) is 0 Å². The van der Waals surface area contributed by atoms with Gasteiger partial charge in [0.2, 0.25) is 0 Å². The first-order chi connectivity index (χ1) is 12.2. The monoisotopic (exact) mass is 336 g/mol.